The number of nitrogens with zero attached hydrogens (tertiary/aromatic N) is 2. The van der Waals surface area contributed by atoms with E-state index in [2.05, 4.69) is 10.4 Å². The van der Waals surface area contributed by atoms with E-state index in [1.165, 1.54) is 22.6 Å². The molecule has 6 heteroatoms. The second kappa shape index (κ2) is 5.57. The summed E-state index contributed by atoms with van der Waals surface area (Å²) in [6.07, 6.45) is 1.26. The molecule has 1 rings (SSSR count). The Hall–Kier alpha value is -1.27. The molecule has 0 saturated heterocycles. The fraction of sp³-hybridized carbons (Fsp3) is 0.222. The van der Waals surface area contributed by atoms with Crippen molar-refractivity contribution in [2.75, 3.05) is 14.1 Å². The van der Waals surface area contributed by atoms with Crippen LogP contribution in [0, 0.1) is 0 Å². The molecule has 80 valence electrons. The molecule has 0 saturated carbocycles. The van der Waals surface area contributed by atoms with Gasteiger partial charge in [-0.3, -0.25) is 4.79 Å². The van der Waals surface area contributed by atoms with E-state index in [0.29, 0.717) is 9.99 Å². The third-order valence-corrected chi connectivity index (χ3v) is 2.97. The number of ketones is 1. The van der Waals surface area contributed by atoms with Gasteiger partial charge in [0.05, 0.1) is 11.1 Å². The number of hydrogen-bond acceptors (Lipinski definition) is 4. The number of thiophene rings is 1. The first-order chi connectivity index (χ1) is 7.15. The van der Waals surface area contributed by atoms with Crippen molar-refractivity contribution in [2.24, 2.45) is 5.10 Å². The van der Waals surface area contributed by atoms with E-state index in [1.807, 2.05) is 11.4 Å². The van der Waals surface area contributed by atoms with Gasteiger partial charge < -0.3 is 5.32 Å². The van der Waals surface area contributed by atoms with Crippen LogP contribution in [0.4, 0.5) is 0 Å². The van der Waals surface area contributed by atoms with E-state index < -0.39 is 0 Å². The number of hydrogen-bond donors (Lipinski definition) is 1. The molecule has 1 N–H and O–H groups in total. The molecule has 0 radical (unpaired) electrons. The lowest BCUT2D eigenvalue weighted by Gasteiger charge is -2.11. The van der Waals surface area contributed by atoms with Gasteiger partial charge in [0.15, 0.2) is 5.11 Å². The van der Waals surface area contributed by atoms with Crippen molar-refractivity contribution in [3.8, 4) is 0 Å². The molecule has 1 aromatic heterocycles. The monoisotopic (exact) mass is 241 g/mol. The Balaban J connectivity index is 2.59. The predicted octanol–water partition coefficient (Wildman–Crippen LogP) is 1.35. The maximum Gasteiger partial charge on any atom is 0.215 e. The van der Waals surface area contributed by atoms with Gasteiger partial charge in [0, 0.05) is 14.1 Å². The molecule has 0 bridgehead atoms. The maximum atomic E-state index is 11.5. The number of carbonyl (C=O) groups is 1. The smallest absolute Gasteiger partial charge is 0.215 e. The number of carbonyl (C=O) groups excluding carboxylic acids is 1. The van der Waals surface area contributed by atoms with Crippen molar-refractivity contribution in [3.63, 3.8) is 0 Å². The van der Waals surface area contributed by atoms with Crippen LogP contribution in [0.5, 0.6) is 0 Å². The molecule has 0 aliphatic heterocycles. The minimum atomic E-state index is -0.115. The number of hydrazone groups is 1. The van der Waals surface area contributed by atoms with Crippen LogP contribution in [0.15, 0.2) is 22.6 Å². The van der Waals surface area contributed by atoms with Crippen LogP contribution in [0.2, 0.25) is 0 Å². The summed E-state index contributed by atoms with van der Waals surface area (Å²) in [4.78, 5) is 12.2. The van der Waals surface area contributed by atoms with Crippen molar-refractivity contribution < 1.29 is 4.79 Å². The van der Waals surface area contributed by atoms with Crippen LogP contribution in [0.1, 0.15) is 9.67 Å². The first-order valence-electron chi connectivity index (χ1n) is 4.22. The molecule has 0 aliphatic carbocycles. The highest BCUT2D eigenvalue weighted by Gasteiger charge is 2.04. The molecular weight excluding hydrogens is 230 g/mol. The second-order valence-corrected chi connectivity index (χ2v) is 4.00. The zero-order valence-electron chi connectivity index (χ0n) is 8.43. The number of Topliss-reactive ketones (excluding diaryl/α,β-unsaturated/α-hetero) is 1. The van der Waals surface area contributed by atoms with Crippen molar-refractivity contribution in [3.05, 3.63) is 22.4 Å². The summed E-state index contributed by atoms with van der Waals surface area (Å²) >= 11 is 6.31. The summed E-state index contributed by atoms with van der Waals surface area (Å²) < 4.78 is 0. The van der Waals surface area contributed by atoms with Gasteiger partial charge in [-0.15, -0.1) is 11.3 Å². The van der Waals surface area contributed by atoms with E-state index in [1.54, 1.807) is 20.2 Å². The lowest BCUT2D eigenvalue weighted by atomic mass is 10.3. The Morgan fingerprint density at radius 2 is 2.47 bits per heavy atom. The standard InChI is InChI=1S/C9H11N3OS2/c1-10-9(14)12(2)11-6-7(13)8-4-3-5-15-8/h3-6H,1-2H3,(H,10,14)/b11-6+. The Kier molecular flexibility index (Phi) is 4.38. The minimum absolute atomic E-state index is 0.115. The molecule has 1 aromatic rings. The summed E-state index contributed by atoms with van der Waals surface area (Å²) in [6, 6.07) is 3.59. The fourth-order valence-corrected chi connectivity index (χ4v) is 1.51. The highest BCUT2D eigenvalue weighted by Crippen LogP contribution is 2.07. The zero-order valence-corrected chi connectivity index (χ0v) is 10.1. The van der Waals surface area contributed by atoms with E-state index in [0.717, 1.165) is 0 Å². The molecule has 0 aliphatic rings. The number of thiocarbonyl (C=S) groups is 1. The molecule has 1 heterocycles. The Morgan fingerprint density at radius 1 is 1.73 bits per heavy atom. The Labute approximate surface area is 97.6 Å². The molecule has 0 aromatic carbocycles. The molecule has 0 atom stereocenters. The third kappa shape index (κ3) is 3.41. The predicted molar refractivity (Wildman–Crippen MR) is 66.6 cm³/mol. The third-order valence-electron chi connectivity index (χ3n) is 1.62. The molecular formula is C9H11N3OS2. The van der Waals surface area contributed by atoms with Gasteiger partial charge in [0.1, 0.15) is 0 Å². The van der Waals surface area contributed by atoms with Gasteiger partial charge in [-0.1, -0.05) is 6.07 Å². The first kappa shape index (κ1) is 11.8. The fourth-order valence-electron chi connectivity index (χ4n) is 0.836. The highest BCUT2D eigenvalue weighted by molar-refractivity contribution is 7.80. The van der Waals surface area contributed by atoms with Crippen LogP contribution in [0.25, 0.3) is 0 Å². The molecule has 0 spiro atoms. The van der Waals surface area contributed by atoms with Gasteiger partial charge >= 0.3 is 0 Å². The van der Waals surface area contributed by atoms with Crippen LogP contribution in [-0.2, 0) is 0 Å². The average Bonchev–Trinajstić information content (AvgIpc) is 2.77. The van der Waals surface area contributed by atoms with Gasteiger partial charge in [0.25, 0.3) is 0 Å². The Morgan fingerprint density at radius 3 is 3.00 bits per heavy atom. The average molecular weight is 241 g/mol. The quantitative estimate of drug-likeness (QED) is 0.375. The number of rotatable bonds is 3. The molecule has 0 amide bonds. The highest BCUT2D eigenvalue weighted by atomic mass is 32.1. The van der Waals surface area contributed by atoms with Crippen molar-refractivity contribution in [2.45, 2.75) is 0 Å². The Bertz CT molecular complexity index is 373. The van der Waals surface area contributed by atoms with Gasteiger partial charge in [-0.05, 0) is 23.7 Å². The molecule has 0 fully saturated rings. The summed E-state index contributed by atoms with van der Waals surface area (Å²) in [5, 5.41) is 10.4. The van der Waals surface area contributed by atoms with Crippen LogP contribution >= 0.6 is 23.6 Å². The topological polar surface area (TPSA) is 44.7 Å². The lowest BCUT2D eigenvalue weighted by molar-refractivity contribution is 0.107. The summed E-state index contributed by atoms with van der Waals surface area (Å²) in [7, 11) is 3.38. The normalized spacial score (nSPS) is 10.3. The van der Waals surface area contributed by atoms with E-state index in [4.69, 9.17) is 12.2 Å². The summed E-state index contributed by atoms with van der Waals surface area (Å²) in [5.74, 6) is -0.115. The molecule has 4 nitrogen and oxygen atoms in total. The van der Waals surface area contributed by atoms with Crippen LogP contribution in [0.3, 0.4) is 0 Å². The summed E-state index contributed by atoms with van der Waals surface area (Å²) in [5.41, 5.74) is 0. The van der Waals surface area contributed by atoms with Gasteiger partial charge in [-0.2, -0.15) is 5.10 Å². The maximum absolute atomic E-state index is 11.5. The van der Waals surface area contributed by atoms with E-state index in [-0.39, 0.29) is 5.78 Å². The first-order valence-corrected chi connectivity index (χ1v) is 5.51. The van der Waals surface area contributed by atoms with Crippen molar-refractivity contribution >= 4 is 40.7 Å². The van der Waals surface area contributed by atoms with E-state index >= 15 is 0 Å². The summed E-state index contributed by atoms with van der Waals surface area (Å²) in [6.45, 7) is 0. The van der Waals surface area contributed by atoms with Gasteiger partial charge in [0.2, 0.25) is 5.78 Å². The second-order valence-electron chi connectivity index (χ2n) is 2.66. The zero-order chi connectivity index (χ0) is 11.3. The number of nitrogens with one attached hydrogen (secondary N) is 1. The SMILES string of the molecule is CNC(=S)N(C)/N=C/C(=O)c1cccs1. The molecule has 0 unspecified atom stereocenters. The van der Waals surface area contributed by atoms with E-state index in [9.17, 15) is 4.79 Å². The molecule has 15 heavy (non-hydrogen) atoms. The van der Waals surface area contributed by atoms with Crippen LogP contribution < -0.4 is 5.32 Å². The largest absolute Gasteiger partial charge is 0.364 e. The van der Waals surface area contributed by atoms with Gasteiger partial charge in [-0.25, -0.2) is 5.01 Å². The minimum Gasteiger partial charge on any atom is -0.364 e. The van der Waals surface area contributed by atoms with Crippen molar-refractivity contribution in [1.29, 1.82) is 0 Å². The lowest BCUT2D eigenvalue weighted by Crippen LogP contribution is -2.31. The van der Waals surface area contributed by atoms with Crippen molar-refractivity contribution in [1.82, 2.24) is 10.3 Å². The van der Waals surface area contributed by atoms with Crippen LogP contribution in [-0.4, -0.2) is 36.2 Å².